The molecule has 2 N–H and O–H groups in total. The Morgan fingerprint density at radius 2 is 2.40 bits per heavy atom. The lowest BCUT2D eigenvalue weighted by atomic mass is 10.1. The van der Waals surface area contributed by atoms with Crippen molar-refractivity contribution in [1.82, 2.24) is 14.8 Å². The molecule has 0 radical (unpaired) electrons. The summed E-state index contributed by atoms with van der Waals surface area (Å²) in [6.45, 7) is 0. The van der Waals surface area contributed by atoms with E-state index in [1.54, 1.807) is 13.2 Å². The number of nitrogens with zero attached hydrogens (tertiary/aromatic N) is 4. The molecule has 0 fully saturated rings. The quantitative estimate of drug-likeness (QED) is 0.886. The van der Waals surface area contributed by atoms with Crippen molar-refractivity contribution in [1.29, 1.82) is 5.26 Å². The van der Waals surface area contributed by atoms with Gasteiger partial charge in [0.05, 0.1) is 11.8 Å². The molecule has 0 aliphatic carbocycles. The molecule has 0 bridgehead atoms. The molecule has 2 rings (SSSR count). The molecule has 0 saturated heterocycles. The van der Waals surface area contributed by atoms with Crippen molar-refractivity contribution in [3.8, 4) is 6.07 Å². The molecule has 102 valence electrons. The summed E-state index contributed by atoms with van der Waals surface area (Å²) in [6.07, 6.45) is 4.40. The zero-order valence-corrected chi connectivity index (χ0v) is 11.2. The predicted octanol–water partition coefficient (Wildman–Crippen LogP) is 1.58. The van der Waals surface area contributed by atoms with E-state index in [2.05, 4.69) is 15.4 Å². The summed E-state index contributed by atoms with van der Waals surface area (Å²) >= 11 is 5.99. The van der Waals surface area contributed by atoms with Crippen LogP contribution in [0, 0.1) is 11.3 Å². The second-order valence-electron chi connectivity index (χ2n) is 4.00. The Bertz CT molecular complexity index is 691. The van der Waals surface area contributed by atoms with E-state index < -0.39 is 12.0 Å². The van der Waals surface area contributed by atoms with Crippen LogP contribution in [0.3, 0.4) is 0 Å². The van der Waals surface area contributed by atoms with Gasteiger partial charge in [-0.3, -0.25) is 4.68 Å². The first-order valence-corrected chi connectivity index (χ1v) is 5.93. The zero-order valence-electron chi connectivity index (χ0n) is 10.4. The minimum absolute atomic E-state index is 0.0881. The van der Waals surface area contributed by atoms with E-state index in [1.165, 1.54) is 23.1 Å². The maximum atomic E-state index is 11.3. The fraction of sp³-hybridized carbons (Fsp3) is 0.167. The van der Waals surface area contributed by atoms with Gasteiger partial charge in [0.25, 0.3) is 0 Å². The standard InChI is InChI=1S/C12H10ClN5O2/c1-18-6-8(5-16-18)10(12(19)20)17-11-9(13)7(4-14)2-3-15-11/h2-3,5-6,10H,1H3,(H,15,17)(H,19,20). The molecule has 20 heavy (non-hydrogen) atoms. The van der Waals surface area contributed by atoms with E-state index in [-0.39, 0.29) is 16.4 Å². The maximum Gasteiger partial charge on any atom is 0.330 e. The van der Waals surface area contributed by atoms with Gasteiger partial charge in [0.15, 0.2) is 6.04 Å². The normalized spacial score (nSPS) is 11.7. The molecule has 2 heterocycles. The molecule has 1 unspecified atom stereocenters. The van der Waals surface area contributed by atoms with Gasteiger partial charge >= 0.3 is 5.97 Å². The summed E-state index contributed by atoms with van der Waals surface area (Å²) in [7, 11) is 1.68. The van der Waals surface area contributed by atoms with Gasteiger partial charge in [-0.1, -0.05) is 11.6 Å². The Labute approximate surface area is 119 Å². The summed E-state index contributed by atoms with van der Waals surface area (Å²) in [6, 6.07) is 2.30. The number of carboxylic acids is 1. The van der Waals surface area contributed by atoms with Crippen LogP contribution < -0.4 is 5.32 Å². The fourth-order valence-corrected chi connectivity index (χ4v) is 1.85. The van der Waals surface area contributed by atoms with Gasteiger partial charge < -0.3 is 10.4 Å². The Hall–Kier alpha value is -2.59. The number of halogens is 1. The summed E-state index contributed by atoms with van der Waals surface area (Å²) in [4.78, 5) is 15.3. The van der Waals surface area contributed by atoms with Gasteiger partial charge in [0, 0.05) is 25.0 Å². The molecule has 2 aromatic heterocycles. The lowest BCUT2D eigenvalue weighted by Gasteiger charge is -2.14. The van der Waals surface area contributed by atoms with Gasteiger partial charge in [-0.15, -0.1) is 0 Å². The van der Waals surface area contributed by atoms with Gasteiger partial charge in [-0.2, -0.15) is 10.4 Å². The number of rotatable bonds is 4. The zero-order chi connectivity index (χ0) is 14.7. The molecule has 8 heteroatoms. The minimum atomic E-state index is -1.10. The van der Waals surface area contributed by atoms with Crippen molar-refractivity contribution in [2.24, 2.45) is 7.05 Å². The highest BCUT2D eigenvalue weighted by atomic mass is 35.5. The van der Waals surface area contributed by atoms with Crippen molar-refractivity contribution in [3.63, 3.8) is 0 Å². The lowest BCUT2D eigenvalue weighted by Crippen LogP contribution is -2.21. The average molecular weight is 292 g/mol. The third-order valence-corrected chi connectivity index (χ3v) is 2.98. The Balaban J connectivity index is 2.35. The second kappa shape index (κ2) is 5.59. The molecule has 0 spiro atoms. The average Bonchev–Trinajstić information content (AvgIpc) is 2.83. The Morgan fingerprint density at radius 3 is 2.95 bits per heavy atom. The largest absolute Gasteiger partial charge is 0.479 e. The molecule has 0 aliphatic rings. The minimum Gasteiger partial charge on any atom is -0.479 e. The monoisotopic (exact) mass is 291 g/mol. The number of pyridine rings is 1. The topological polar surface area (TPSA) is 104 Å². The van der Waals surface area contributed by atoms with Crippen LogP contribution in [-0.2, 0) is 11.8 Å². The highest BCUT2D eigenvalue weighted by Gasteiger charge is 2.23. The van der Waals surface area contributed by atoms with E-state index >= 15 is 0 Å². The van der Waals surface area contributed by atoms with Gasteiger partial charge in [0.2, 0.25) is 0 Å². The molecule has 2 aromatic rings. The first-order valence-electron chi connectivity index (χ1n) is 5.55. The molecule has 0 aliphatic heterocycles. The highest BCUT2D eigenvalue weighted by molar-refractivity contribution is 6.34. The van der Waals surface area contributed by atoms with Crippen molar-refractivity contribution >= 4 is 23.4 Å². The lowest BCUT2D eigenvalue weighted by molar-refractivity contribution is -0.138. The van der Waals surface area contributed by atoms with Crippen LogP contribution in [0.5, 0.6) is 0 Å². The number of carbonyl (C=O) groups is 1. The van der Waals surface area contributed by atoms with Crippen molar-refractivity contribution in [2.75, 3.05) is 5.32 Å². The Morgan fingerprint density at radius 1 is 1.65 bits per heavy atom. The summed E-state index contributed by atoms with van der Waals surface area (Å²) in [5.41, 5.74) is 0.680. The number of hydrogen-bond acceptors (Lipinski definition) is 5. The molecular formula is C12H10ClN5O2. The van der Waals surface area contributed by atoms with Crippen LogP contribution in [0.1, 0.15) is 17.2 Å². The number of aliphatic carboxylic acids is 1. The Kier molecular flexibility index (Phi) is 3.86. The van der Waals surface area contributed by atoms with E-state index in [9.17, 15) is 9.90 Å². The van der Waals surface area contributed by atoms with Crippen LogP contribution in [0.15, 0.2) is 24.7 Å². The van der Waals surface area contributed by atoms with Crippen LogP contribution in [-0.4, -0.2) is 25.8 Å². The van der Waals surface area contributed by atoms with Crippen molar-refractivity contribution in [3.05, 3.63) is 40.8 Å². The summed E-state index contributed by atoms with van der Waals surface area (Å²) in [5, 5.41) is 24.9. The molecule has 0 saturated carbocycles. The molecule has 0 aromatic carbocycles. The molecule has 7 nitrogen and oxygen atoms in total. The van der Waals surface area contributed by atoms with Gasteiger partial charge in [-0.05, 0) is 6.07 Å². The van der Waals surface area contributed by atoms with Crippen molar-refractivity contribution < 1.29 is 9.90 Å². The molecular weight excluding hydrogens is 282 g/mol. The highest BCUT2D eigenvalue weighted by Crippen LogP contribution is 2.26. The first-order chi connectivity index (χ1) is 9.52. The second-order valence-corrected chi connectivity index (χ2v) is 4.37. The number of carboxylic acid groups (broad SMARTS) is 1. The SMILES string of the molecule is Cn1cc(C(Nc2nccc(C#N)c2Cl)C(=O)O)cn1. The molecule has 1 atom stereocenters. The smallest absolute Gasteiger partial charge is 0.330 e. The van der Waals surface area contributed by atoms with Crippen LogP contribution in [0.2, 0.25) is 5.02 Å². The third kappa shape index (κ3) is 2.70. The van der Waals surface area contributed by atoms with Crippen LogP contribution in [0.25, 0.3) is 0 Å². The summed E-state index contributed by atoms with van der Waals surface area (Å²) in [5.74, 6) is -0.958. The number of nitrogens with one attached hydrogen (secondary N) is 1. The number of nitriles is 1. The molecule has 0 amide bonds. The number of hydrogen-bond donors (Lipinski definition) is 2. The van der Waals surface area contributed by atoms with Crippen LogP contribution >= 0.6 is 11.6 Å². The van der Waals surface area contributed by atoms with Gasteiger partial charge in [0.1, 0.15) is 16.9 Å². The van der Waals surface area contributed by atoms with Crippen LogP contribution in [0.4, 0.5) is 5.82 Å². The number of anilines is 1. The third-order valence-electron chi connectivity index (χ3n) is 2.60. The number of aromatic nitrogens is 3. The van der Waals surface area contributed by atoms with E-state index in [1.807, 2.05) is 6.07 Å². The van der Waals surface area contributed by atoms with E-state index in [0.717, 1.165) is 0 Å². The first kappa shape index (κ1) is 13.8. The van der Waals surface area contributed by atoms with Gasteiger partial charge in [-0.25, -0.2) is 9.78 Å². The van der Waals surface area contributed by atoms with Crippen molar-refractivity contribution in [2.45, 2.75) is 6.04 Å². The van der Waals surface area contributed by atoms with E-state index in [0.29, 0.717) is 5.56 Å². The maximum absolute atomic E-state index is 11.3. The number of aryl methyl sites for hydroxylation is 1. The summed E-state index contributed by atoms with van der Waals surface area (Å²) < 4.78 is 1.49. The van der Waals surface area contributed by atoms with E-state index in [4.69, 9.17) is 16.9 Å². The predicted molar refractivity (Wildman–Crippen MR) is 71.2 cm³/mol. The fourth-order valence-electron chi connectivity index (χ4n) is 1.64.